The lowest BCUT2D eigenvalue weighted by molar-refractivity contribution is 0.834. The van der Waals surface area contributed by atoms with E-state index in [1.807, 2.05) is 48.5 Å². The molecule has 4 rings (SSSR count). The Morgan fingerprint density at radius 1 is 0.783 bits per heavy atom. The van der Waals surface area contributed by atoms with Gasteiger partial charge < -0.3 is 4.57 Å². The highest BCUT2D eigenvalue weighted by Gasteiger charge is 2.14. The Bertz CT molecular complexity index is 958. The number of benzene rings is 3. The zero-order valence-electron chi connectivity index (χ0n) is 12.5. The van der Waals surface area contributed by atoms with Crippen LogP contribution in [0, 0.1) is 0 Å². The van der Waals surface area contributed by atoms with Crippen molar-refractivity contribution < 1.29 is 0 Å². The molecule has 0 unspecified atom stereocenters. The first-order chi connectivity index (χ1) is 11.3. The van der Waals surface area contributed by atoms with E-state index in [0.29, 0.717) is 0 Å². The molecule has 23 heavy (non-hydrogen) atoms. The smallest absolute Gasteiger partial charge is 0.142 e. The molecular weight excluding hydrogens is 304 g/mol. The minimum Gasteiger partial charge on any atom is -0.319 e. The minimum absolute atomic E-state index is 0.720. The Kier molecular flexibility index (Phi) is 3.60. The molecule has 0 aliphatic heterocycles. The van der Waals surface area contributed by atoms with E-state index in [1.54, 1.807) is 0 Å². The summed E-state index contributed by atoms with van der Waals surface area (Å²) in [6, 6.07) is 26.5. The highest BCUT2D eigenvalue weighted by atomic mass is 35.5. The van der Waals surface area contributed by atoms with Gasteiger partial charge in [-0.05, 0) is 29.8 Å². The highest BCUT2D eigenvalue weighted by Crippen LogP contribution is 2.30. The predicted molar refractivity (Wildman–Crippen MR) is 95.7 cm³/mol. The minimum atomic E-state index is 0.720. The maximum Gasteiger partial charge on any atom is 0.142 e. The van der Waals surface area contributed by atoms with Crippen LogP contribution in [0.25, 0.3) is 22.4 Å². The maximum absolute atomic E-state index is 6.41. The number of rotatable bonds is 3. The van der Waals surface area contributed by atoms with Crippen LogP contribution in [0.1, 0.15) is 5.56 Å². The fraction of sp³-hybridized carbons (Fsp3) is 0.0500. The molecule has 0 atom stereocenters. The van der Waals surface area contributed by atoms with Crippen molar-refractivity contribution in [2.75, 3.05) is 0 Å². The molecule has 3 heteroatoms. The van der Waals surface area contributed by atoms with Gasteiger partial charge in [0.1, 0.15) is 5.82 Å². The second kappa shape index (κ2) is 5.90. The van der Waals surface area contributed by atoms with Gasteiger partial charge in [-0.2, -0.15) is 0 Å². The van der Waals surface area contributed by atoms with Crippen molar-refractivity contribution in [3.8, 4) is 11.4 Å². The van der Waals surface area contributed by atoms with Gasteiger partial charge in [0.25, 0.3) is 0 Å². The molecule has 4 aromatic rings. The second-order valence-corrected chi connectivity index (χ2v) is 5.88. The van der Waals surface area contributed by atoms with E-state index in [2.05, 4.69) is 34.9 Å². The molecule has 0 saturated carbocycles. The van der Waals surface area contributed by atoms with Crippen LogP contribution in [-0.2, 0) is 6.54 Å². The zero-order chi connectivity index (χ0) is 15.6. The van der Waals surface area contributed by atoms with Crippen molar-refractivity contribution in [3.63, 3.8) is 0 Å². The number of halogens is 1. The Morgan fingerprint density at radius 3 is 2.30 bits per heavy atom. The lowest BCUT2D eigenvalue weighted by Gasteiger charge is -2.10. The van der Waals surface area contributed by atoms with E-state index in [9.17, 15) is 0 Å². The standard InChI is InChI=1S/C20H15ClN2/c21-17-11-5-4-10-16(17)20-22-18-12-6-7-13-19(18)23(20)14-15-8-2-1-3-9-15/h1-13H,14H2. The van der Waals surface area contributed by atoms with E-state index in [0.717, 1.165) is 34.0 Å². The molecule has 112 valence electrons. The molecule has 0 amide bonds. The number of aromatic nitrogens is 2. The van der Waals surface area contributed by atoms with Gasteiger partial charge in [-0.3, -0.25) is 0 Å². The zero-order valence-corrected chi connectivity index (χ0v) is 13.2. The van der Waals surface area contributed by atoms with Crippen LogP contribution in [0.5, 0.6) is 0 Å². The number of imidazole rings is 1. The molecular formula is C20H15ClN2. The van der Waals surface area contributed by atoms with Gasteiger partial charge >= 0.3 is 0 Å². The molecule has 0 radical (unpaired) electrons. The molecule has 0 aliphatic rings. The summed E-state index contributed by atoms with van der Waals surface area (Å²) in [5, 5.41) is 0.720. The van der Waals surface area contributed by atoms with Crippen LogP contribution in [0.3, 0.4) is 0 Å². The highest BCUT2D eigenvalue weighted by molar-refractivity contribution is 6.33. The molecule has 0 aliphatic carbocycles. The summed E-state index contributed by atoms with van der Waals surface area (Å²) in [5.41, 5.74) is 4.30. The molecule has 1 heterocycles. The summed E-state index contributed by atoms with van der Waals surface area (Å²) >= 11 is 6.41. The molecule has 1 aromatic heterocycles. The van der Waals surface area contributed by atoms with Gasteiger partial charge in [0.2, 0.25) is 0 Å². The van der Waals surface area contributed by atoms with Crippen molar-refractivity contribution in [2.45, 2.75) is 6.54 Å². The Hall–Kier alpha value is -2.58. The number of para-hydroxylation sites is 2. The number of hydrogen-bond acceptors (Lipinski definition) is 1. The van der Waals surface area contributed by atoms with Crippen molar-refractivity contribution in [3.05, 3.63) is 89.4 Å². The normalized spacial score (nSPS) is 11.0. The quantitative estimate of drug-likeness (QED) is 0.494. The Balaban J connectivity index is 1.93. The van der Waals surface area contributed by atoms with Crippen molar-refractivity contribution in [1.29, 1.82) is 0 Å². The van der Waals surface area contributed by atoms with E-state index >= 15 is 0 Å². The summed E-state index contributed by atoms with van der Waals surface area (Å²) in [5.74, 6) is 0.903. The number of fused-ring (bicyclic) bond motifs is 1. The monoisotopic (exact) mass is 318 g/mol. The lowest BCUT2D eigenvalue weighted by atomic mass is 10.2. The van der Waals surface area contributed by atoms with Gasteiger partial charge in [0.05, 0.1) is 16.1 Å². The first kappa shape index (κ1) is 14.0. The van der Waals surface area contributed by atoms with E-state index < -0.39 is 0 Å². The largest absolute Gasteiger partial charge is 0.319 e. The van der Waals surface area contributed by atoms with Crippen LogP contribution in [0.2, 0.25) is 5.02 Å². The van der Waals surface area contributed by atoms with Gasteiger partial charge in [-0.15, -0.1) is 0 Å². The summed E-state index contributed by atoms with van der Waals surface area (Å²) in [6.07, 6.45) is 0. The molecule has 0 fully saturated rings. The Labute approximate surface area is 140 Å². The average Bonchev–Trinajstić information content (AvgIpc) is 2.95. The molecule has 0 saturated heterocycles. The SMILES string of the molecule is Clc1ccccc1-c1nc2ccccc2n1Cc1ccccc1. The van der Waals surface area contributed by atoms with E-state index in [-0.39, 0.29) is 0 Å². The van der Waals surface area contributed by atoms with Crippen molar-refractivity contribution >= 4 is 22.6 Å². The number of hydrogen-bond donors (Lipinski definition) is 0. The average molecular weight is 319 g/mol. The molecule has 0 N–H and O–H groups in total. The van der Waals surface area contributed by atoms with Gasteiger partial charge in [-0.25, -0.2) is 4.98 Å². The molecule has 0 spiro atoms. The predicted octanol–water partition coefficient (Wildman–Crippen LogP) is 5.41. The summed E-state index contributed by atoms with van der Waals surface area (Å²) in [7, 11) is 0. The van der Waals surface area contributed by atoms with Crippen LogP contribution >= 0.6 is 11.6 Å². The third-order valence-corrected chi connectivity index (χ3v) is 4.28. The van der Waals surface area contributed by atoms with Crippen LogP contribution in [-0.4, -0.2) is 9.55 Å². The Morgan fingerprint density at radius 2 is 1.48 bits per heavy atom. The molecule has 3 aromatic carbocycles. The summed E-state index contributed by atoms with van der Waals surface area (Å²) < 4.78 is 2.23. The van der Waals surface area contributed by atoms with Crippen LogP contribution in [0.15, 0.2) is 78.9 Å². The van der Waals surface area contributed by atoms with Crippen molar-refractivity contribution in [1.82, 2.24) is 9.55 Å². The first-order valence-corrected chi connectivity index (χ1v) is 7.95. The third-order valence-electron chi connectivity index (χ3n) is 3.95. The van der Waals surface area contributed by atoms with Crippen LogP contribution < -0.4 is 0 Å². The summed E-state index contributed by atoms with van der Waals surface area (Å²) in [6.45, 7) is 0.766. The topological polar surface area (TPSA) is 17.8 Å². The van der Waals surface area contributed by atoms with E-state index in [4.69, 9.17) is 16.6 Å². The number of nitrogens with zero attached hydrogens (tertiary/aromatic N) is 2. The van der Waals surface area contributed by atoms with Gasteiger partial charge in [0, 0.05) is 12.1 Å². The van der Waals surface area contributed by atoms with Gasteiger partial charge in [-0.1, -0.05) is 66.2 Å². The summed E-state index contributed by atoms with van der Waals surface area (Å²) in [4.78, 5) is 4.82. The molecule has 0 bridgehead atoms. The second-order valence-electron chi connectivity index (χ2n) is 5.48. The maximum atomic E-state index is 6.41. The van der Waals surface area contributed by atoms with Crippen molar-refractivity contribution in [2.24, 2.45) is 0 Å². The van der Waals surface area contributed by atoms with E-state index in [1.165, 1.54) is 5.56 Å². The van der Waals surface area contributed by atoms with Gasteiger partial charge in [0.15, 0.2) is 0 Å². The fourth-order valence-electron chi connectivity index (χ4n) is 2.85. The first-order valence-electron chi connectivity index (χ1n) is 7.57. The van der Waals surface area contributed by atoms with Crippen LogP contribution in [0.4, 0.5) is 0 Å². The third kappa shape index (κ3) is 2.62. The lowest BCUT2D eigenvalue weighted by Crippen LogP contribution is -2.02. The fourth-order valence-corrected chi connectivity index (χ4v) is 3.07. The molecule has 2 nitrogen and oxygen atoms in total.